The highest BCUT2D eigenvalue weighted by Gasteiger charge is 2.63. The number of fused-ring (bicyclic) bond motifs is 5. The standard InChI is InChI=1S/C37H47N5O10S/c1-4-28-29(38-35(46)47)33(44)42-20-23(52-32-26-13-8-7-12-24(26)25-14-9-17-50-31(25)39-32)18-27(42)30(43)40-37(19-22(37)11-6-5-10-21(2)51-28)34(45)41-53(48,49)36(3)15-16-36/h6-8,11-13,21-23,27-29,38H,4-5,9-10,14-20H2,1-3H3,(H,40,43)(H,41,45)(H,46,47)/b11-6-/t21-,22-,23-,27+,28+,29+,37-/m1/s1. The maximum Gasteiger partial charge on any atom is 0.405 e. The van der Waals surface area contributed by atoms with E-state index in [1.54, 1.807) is 13.8 Å². The number of allylic oxidation sites excluding steroid dienone is 1. The largest absolute Gasteiger partial charge is 0.477 e. The summed E-state index contributed by atoms with van der Waals surface area (Å²) in [6, 6.07) is 5.07. The van der Waals surface area contributed by atoms with E-state index in [-0.39, 0.29) is 31.4 Å². The Morgan fingerprint density at radius 2 is 1.94 bits per heavy atom. The number of nitrogens with zero attached hydrogens (tertiary/aromatic N) is 2. The smallest absolute Gasteiger partial charge is 0.405 e. The van der Waals surface area contributed by atoms with Crippen LogP contribution in [0.3, 0.4) is 0 Å². The summed E-state index contributed by atoms with van der Waals surface area (Å²) in [6.45, 7) is 5.60. The van der Waals surface area contributed by atoms with Crippen LogP contribution < -0.4 is 24.8 Å². The summed E-state index contributed by atoms with van der Waals surface area (Å²) in [4.78, 5) is 60.8. The third kappa shape index (κ3) is 7.14. The second-order valence-corrected chi connectivity index (χ2v) is 17.4. The van der Waals surface area contributed by atoms with Gasteiger partial charge in [0.25, 0.3) is 5.91 Å². The van der Waals surface area contributed by atoms with E-state index in [4.69, 9.17) is 19.2 Å². The lowest BCUT2D eigenvalue weighted by Gasteiger charge is -2.33. The minimum atomic E-state index is -4.02. The molecule has 4 heterocycles. The van der Waals surface area contributed by atoms with Crippen LogP contribution in [-0.4, -0.2) is 101 Å². The van der Waals surface area contributed by atoms with E-state index in [9.17, 15) is 32.7 Å². The number of ether oxygens (including phenoxy) is 3. The highest BCUT2D eigenvalue weighted by molar-refractivity contribution is 7.91. The molecule has 1 aromatic carbocycles. The molecule has 15 nitrogen and oxygen atoms in total. The van der Waals surface area contributed by atoms with Crippen molar-refractivity contribution in [3.63, 3.8) is 0 Å². The number of carbonyl (C=O) groups is 4. The molecular weight excluding hydrogens is 706 g/mol. The first-order chi connectivity index (χ1) is 25.2. The van der Waals surface area contributed by atoms with Crippen LogP contribution in [0.15, 0.2) is 36.4 Å². The Hall–Kier alpha value is -4.44. The van der Waals surface area contributed by atoms with Crippen LogP contribution in [0, 0.1) is 5.92 Å². The predicted octanol–water partition coefficient (Wildman–Crippen LogP) is 2.95. The van der Waals surface area contributed by atoms with Gasteiger partial charge in [0, 0.05) is 23.3 Å². The number of sulfonamides is 1. The van der Waals surface area contributed by atoms with Gasteiger partial charge in [-0.05, 0) is 76.7 Å². The molecule has 53 heavy (non-hydrogen) atoms. The SMILES string of the molecule is CC[C@@H]1O[C@H](C)CC/C=C\[C@@H]2C[C@@]2(C(=O)NS(=O)(=O)C2(C)CC2)NC(=O)[C@@H]2C[C@@H](Oc3nc4c(c5ccccc35)CCCO4)CN2C(=O)[C@H]1NC(=O)O. The lowest BCUT2D eigenvalue weighted by atomic mass is 10.0. The Balaban J connectivity index is 1.24. The quantitative estimate of drug-likeness (QED) is 0.303. The molecule has 2 aromatic rings. The van der Waals surface area contributed by atoms with Gasteiger partial charge in [0.15, 0.2) is 0 Å². The molecule has 2 saturated carbocycles. The van der Waals surface area contributed by atoms with Crippen LogP contribution in [0.5, 0.6) is 11.8 Å². The van der Waals surface area contributed by atoms with Crippen molar-refractivity contribution >= 4 is 44.6 Å². The maximum absolute atomic E-state index is 14.5. The van der Waals surface area contributed by atoms with Gasteiger partial charge in [0.1, 0.15) is 23.7 Å². The van der Waals surface area contributed by atoms with Crippen molar-refractivity contribution in [2.45, 2.75) is 119 Å². The average Bonchev–Trinajstić information content (AvgIpc) is 4.01. The van der Waals surface area contributed by atoms with Crippen molar-refractivity contribution in [2.75, 3.05) is 13.2 Å². The lowest BCUT2D eigenvalue weighted by molar-refractivity contribution is -0.145. The van der Waals surface area contributed by atoms with Crippen molar-refractivity contribution < 1.29 is 46.9 Å². The molecule has 3 fully saturated rings. The molecule has 5 aliphatic rings. The minimum Gasteiger partial charge on any atom is -0.477 e. The van der Waals surface area contributed by atoms with E-state index < -0.39 is 74.3 Å². The molecule has 2 aliphatic carbocycles. The van der Waals surface area contributed by atoms with Crippen LogP contribution in [0.25, 0.3) is 10.8 Å². The first kappa shape index (κ1) is 36.9. The molecule has 0 bridgehead atoms. The number of carbonyl (C=O) groups excluding carboxylic acids is 3. The molecule has 7 rings (SSSR count). The van der Waals surface area contributed by atoms with Gasteiger partial charge < -0.3 is 34.9 Å². The summed E-state index contributed by atoms with van der Waals surface area (Å²) in [6.07, 6.45) is 4.23. The maximum atomic E-state index is 14.5. The number of amides is 4. The fraction of sp³-hybridized carbons (Fsp3) is 0.595. The molecule has 4 N–H and O–H groups in total. The lowest BCUT2D eigenvalue weighted by Crippen LogP contribution is -2.60. The van der Waals surface area contributed by atoms with E-state index >= 15 is 0 Å². The summed E-state index contributed by atoms with van der Waals surface area (Å²) < 4.78 is 46.1. The van der Waals surface area contributed by atoms with Crippen molar-refractivity contribution in [3.8, 4) is 11.8 Å². The molecular formula is C37H47N5O10S. The number of pyridine rings is 1. The Morgan fingerprint density at radius 1 is 1.19 bits per heavy atom. The number of rotatable bonds is 7. The van der Waals surface area contributed by atoms with E-state index in [1.807, 2.05) is 43.3 Å². The van der Waals surface area contributed by atoms with Gasteiger partial charge in [-0.15, -0.1) is 0 Å². The molecule has 7 atom stereocenters. The van der Waals surface area contributed by atoms with Gasteiger partial charge in [-0.2, -0.15) is 4.98 Å². The second-order valence-electron chi connectivity index (χ2n) is 15.2. The Morgan fingerprint density at radius 3 is 2.66 bits per heavy atom. The summed E-state index contributed by atoms with van der Waals surface area (Å²) >= 11 is 0. The first-order valence-corrected chi connectivity index (χ1v) is 20.0. The summed E-state index contributed by atoms with van der Waals surface area (Å²) in [5.41, 5.74) is -0.593. The monoisotopic (exact) mass is 753 g/mol. The third-order valence-corrected chi connectivity index (χ3v) is 13.5. The zero-order valence-corrected chi connectivity index (χ0v) is 30.9. The normalized spacial score (nSPS) is 31.6. The topological polar surface area (TPSA) is 203 Å². The summed E-state index contributed by atoms with van der Waals surface area (Å²) in [5.74, 6) is -1.98. The second kappa shape index (κ2) is 14.1. The molecule has 286 valence electrons. The number of carboxylic acid groups (broad SMARTS) is 1. The molecule has 16 heteroatoms. The molecule has 3 aliphatic heterocycles. The molecule has 4 amide bonds. The number of hydrogen-bond donors (Lipinski definition) is 4. The number of aromatic nitrogens is 1. The first-order valence-electron chi connectivity index (χ1n) is 18.5. The molecule has 0 unspecified atom stereocenters. The number of benzene rings is 1. The zero-order valence-electron chi connectivity index (χ0n) is 30.1. The van der Waals surface area contributed by atoms with Crippen LogP contribution in [0.4, 0.5) is 4.79 Å². The van der Waals surface area contributed by atoms with Gasteiger partial charge in [-0.25, -0.2) is 13.2 Å². The minimum absolute atomic E-state index is 0.0199. The van der Waals surface area contributed by atoms with E-state index in [0.717, 1.165) is 29.2 Å². The molecule has 1 saturated heterocycles. The van der Waals surface area contributed by atoms with E-state index in [1.165, 1.54) is 4.90 Å². The fourth-order valence-corrected chi connectivity index (χ4v) is 9.04. The van der Waals surface area contributed by atoms with Crippen LogP contribution >= 0.6 is 0 Å². The highest BCUT2D eigenvalue weighted by atomic mass is 32.2. The van der Waals surface area contributed by atoms with Crippen molar-refractivity contribution in [1.82, 2.24) is 25.2 Å². The van der Waals surface area contributed by atoms with Crippen molar-refractivity contribution in [2.24, 2.45) is 5.92 Å². The molecule has 0 radical (unpaired) electrons. The highest BCUT2D eigenvalue weighted by Crippen LogP contribution is 2.47. The van der Waals surface area contributed by atoms with E-state index in [0.29, 0.717) is 44.6 Å². The molecule has 1 aromatic heterocycles. The van der Waals surface area contributed by atoms with Crippen molar-refractivity contribution in [3.05, 3.63) is 42.0 Å². The fourth-order valence-electron chi connectivity index (χ4n) is 7.73. The zero-order chi connectivity index (χ0) is 37.7. The summed E-state index contributed by atoms with van der Waals surface area (Å²) in [7, 11) is -4.02. The molecule has 0 spiro atoms. The van der Waals surface area contributed by atoms with Crippen LogP contribution in [0.2, 0.25) is 0 Å². The summed E-state index contributed by atoms with van der Waals surface area (Å²) in [5, 5.41) is 16.7. The van der Waals surface area contributed by atoms with Crippen molar-refractivity contribution in [1.29, 1.82) is 0 Å². The average molecular weight is 754 g/mol. The van der Waals surface area contributed by atoms with Gasteiger partial charge in [0.2, 0.25) is 33.6 Å². The van der Waals surface area contributed by atoms with Gasteiger partial charge in [-0.3, -0.25) is 19.1 Å². The number of aryl methyl sites for hydroxylation is 1. The van der Waals surface area contributed by atoms with Gasteiger partial charge >= 0.3 is 6.09 Å². The Bertz CT molecular complexity index is 1950. The van der Waals surface area contributed by atoms with Gasteiger partial charge in [-0.1, -0.05) is 37.3 Å². The number of nitrogens with one attached hydrogen (secondary N) is 3. The van der Waals surface area contributed by atoms with Crippen LogP contribution in [0.1, 0.15) is 77.7 Å². The third-order valence-electron chi connectivity index (χ3n) is 11.3. The van der Waals surface area contributed by atoms with Crippen LogP contribution in [-0.2, 0) is 35.6 Å². The van der Waals surface area contributed by atoms with E-state index in [2.05, 4.69) is 15.4 Å². The number of hydrogen-bond acceptors (Lipinski definition) is 10. The Labute approximate surface area is 308 Å². The van der Waals surface area contributed by atoms with Gasteiger partial charge in [0.05, 0.1) is 30.1 Å². The predicted molar refractivity (Wildman–Crippen MR) is 192 cm³/mol. The Kier molecular flexibility index (Phi) is 9.81.